The van der Waals surface area contributed by atoms with Crippen LogP contribution in [0.5, 0.6) is 0 Å². The van der Waals surface area contributed by atoms with Crippen molar-refractivity contribution in [2.75, 3.05) is 0 Å². The number of hydrogen-bond donors (Lipinski definition) is 0. The summed E-state index contributed by atoms with van der Waals surface area (Å²) in [7, 11) is 0. The minimum absolute atomic E-state index is 0.0246. The van der Waals surface area contributed by atoms with Gasteiger partial charge in [0.25, 0.3) is 0 Å². The van der Waals surface area contributed by atoms with Crippen LogP contribution in [0.2, 0.25) is 0 Å². The van der Waals surface area contributed by atoms with Crippen molar-refractivity contribution in [1.29, 1.82) is 0 Å². The Hall–Kier alpha value is -1.23. The van der Waals surface area contributed by atoms with Crippen LogP contribution in [-0.4, -0.2) is 16.7 Å². The number of halogens is 2. The van der Waals surface area contributed by atoms with E-state index in [1.807, 2.05) is 0 Å². The van der Waals surface area contributed by atoms with Crippen molar-refractivity contribution in [3.8, 4) is 0 Å². The lowest BCUT2D eigenvalue weighted by molar-refractivity contribution is -0.139. The third-order valence-corrected chi connectivity index (χ3v) is 2.99. The molecule has 1 aliphatic rings. The van der Waals surface area contributed by atoms with Gasteiger partial charge in [0.2, 0.25) is 11.8 Å². The van der Waals surface area contributed by atoms with Gasteiger partial charge < -0.3 is 0 Å². The Morgan fingerprint density at radius 3 is 2.44 bits per heavy atom. The molecule has 0 spiro atoms. The summed E-state index contributed by atoms with van der Waals surface area (Å²) in [5, 5.41) is 0. The second-order valence-electron chi connectivity index (χ2n) is 3.61. The van der Waals surface area contributed by atoms with Crippen LogP contribution < -0.4 is 0 Å². The summed E-state index contributed by atoms with van der Waals surface area (Å²) >= 11 is 3.15. The first-order valence-electron chi connectivity index (χ1n) is 4.85. The highest BCUT2D eigenvalue weighted by Crippen LogP contribution is 2.20. The molecule has 1 fully saturated rings. The topological polar surface area (TPSA) is 37.4 Å². The van der Waals surface area contributed by atoms with Crippen LogP contribution in [0.15, 0.2) is 22.7 Å². The summed E-state index contributed by atoms with van der Waals surface area (Å²) in [5.41, 5.74) is 0.354. The third kappa shape index (κ3) is 2.14. The molecule has 0 unspecified atom stereocenters. The van der Waals surface area contributed by atoms with Gasteiger partial charge in [0.15, 0.2) is 0 Å². The third-order valence-electron chi connectivity index (χ3n) is 2.50. The van der Waals surface area contributed by atoms with Gasteiger partial charge in [-0.15, -0.1) is 0 Å². The highest BCUT2D eigenvalue weighted by Gasteiger charge is 2.29. The predicted molar refractivity (Wildman–Crippen MR) is 58.9 cm³/mol. The molecule has 3 nitrogen and oxygen atoms in total. The molecule has 2 amide bonds. The SMILES string of the molecule is O=C1CCC(=O)N1Cc1ccc(Br)cc1F. The number of nitrogens with zero attached hydrogens (tertiary/aromatic N) is 1. The number of benzene rings is 1. The van der Waals surface area contributed by atoms with Gasteiger partial charge >= 0.3 is 0 Å². The molecule has 0 saturated carbocycles. The Labute approximate surface area is 100 Å². The summed E-state index contributed by atoms with van der Waals surface area (Å²) < 4.78 is 14.1. The summed E-state index contributed by atoms with van der Waals surface area (Å²) in [6.45, 7) is 0.0246. The summed E-state index contributed by atoms with van der Waals surface area (Å²) in [6, 6.07) is 4.57. The molecule has 16 heavy (non-hydrogen) atoms. The molecule has 2 rings (SSSR count). The van der Waals surface area contributed by atoms with Crippen LogP contribution in [0.25, 0.3) is 0 Å². The lowest BCUT2D eigenvalue weighted by Crippen LogP contribution is -2.28. The molecule has 1 heterocycles. The number of carbonyl (C=O) groups is 2. The second-order valence-corrected chi connectivity index (χ2v) is 4.53. The van der Waals surface area contributed by atoms with Crippen molar-refractivity contribution in [2.45, 2.75) is 19.4 Å². The van der Waals surface area contributed by atoms with Gasteiger partial charge in [-0.1, -0.05) is 22.0 Å². The van der Waals surface area contributed by atoms with E-state index < -0.39 is 5.82 Å². The van der Waals surface area contributed by atoms with Crippen molar-refractivity contribution >= 4 is 27.7 Å². The number of imide groups is 1. The zero-order valence-electron chi connectivity index (χ0n) is 8.37. The van der Waals surface area contributed by atoms with Crippen LogP contribution in [0.1, 0.15) is 18.4 Å². The second kappa shape index (κ2) is 4.33. The molecular weight excluding hydrogens is 277 g/mol. The molecule has 0 atom stereocenters. The standard InChI is InChI=1S/C11H9BrFNO2/c12-8-2-1-7(9(13)5-8)6-14-10(15)3-4-11(14)16/h1-2,5H,3-4,6H2. The summed E-state index contributed by atoms with van der Waals surface area (Å²) in [5.74, 6) is -0.874. The minimum Gasteiger partial charge on any atom is -0.278 e. The largest absolute Gasteiger partial charge is 0.278 e. The maximum absolute atomic E-state index is 13.5. The summed E-state index contributed by atoms with van der Waals surface area (Å²) in [4.78, 5) is 23.8. The van der Waals surface area contributed by atoms with Crippen LogP contribution in [0.3, 0.4) is 0 Å². The molecule has 1 aromatic carbocycles. The molecule has 84 valence electrons. The van der Waals surface area contributed by atoms with Crippen molar-refractivity contribution in [2.24, 2.45) is 0 Å². The molecule has 0 aromatic heterocycles. The fourth-order valence-electron chi connectivity index (χ4n) is 1.62. The molecule has 0 aliphatic carbocycles. The van der Waals surface area contributed by atoms with E-state index in [4.69, 9.17) is 0 Å². The number of amides is 2. The van der Waals surface area contributed by atoms with E-state index in [1.54, 1.807) is 12.1 Å². The fraction of sp³-hybridized carbons (Fsp3) is 0.273. The van der Waals surface area contributed by atoms with Gasteiger partial charge in [-0.25, -0.2) is 4.39 Å². The van der Waals surface area contributed by atoms with Crippen LogP contribution in [0.4, 0.5) is 4.39 Å². The van der Waals surface area contributed by atoms with Gasteiger partial charge in [0, 0.05) is 22.9 Å². The maximum Gasteiger partial charge on any atom is 0.229 e. The molecule has 1 aromatic rings. The van der Waals surface area contributed by atoms with Crippen LogP contribution >= 0.6 is 15.9 Å². The van der Waals surface area contributed by atoms with E-state index in [1.165, 1.54) is 6.07 Å². The monoisotopic (exact) mass is 285 g/mol. The molecule has 5 heteroatoms. The van der Waals surface area contributed by atoms with E-state index in [9.17, 15) is 14.0 Å². The normalized spacial score (nSPS) is 16.0. The van der Waals surface area contributed by atoms with E-state index in [-0.39, 0.29) is 31.2 Å². The Morgan fingerprint density at radius 1 is 1.25 bits per heavy atom. The van der Waals surface area contributed by atoms with Crippen LogP contribution in [-0.2, 0) is 16.1 Å². The molecular formula is C11H9BrFNO2. The van der Waals surface area contributed by atoms with Crippen molar-refractivity contribution in [3.05, 3.63) is 34.1 Å². The maximum atomic E-state index is 13.5. The number of rotatable bonds is 2. The van der Waals surface area contributed by atoms with Gasteiger partial charge in [-0.3, -0.25) is 14.5 Å². The fourth-order valence-corrected chi connectivity index (χ4v) is 1.95. The molecule has 0 bridgehead atoms. The van der Waals surface area contributed by atoms with Gasteiger partial charge in [-0.05, 0) is 12.1 Å². The Morgan fingerprint density at radius 2 is 1.88 bits per heavy atom. The first-order valence-corrected chi connectivity index (χ1v) is 5.64. The van der Waals surface area contributed by atoms with E-state index in [2.05, 4.69) is 15.9 Å². The number of likely N-dealkylation sites (tertiary alicyclic amines) is 1. The zero-order valence-corrected chi connectivity index (χ0v) is 9.96. The number of carbonyl (C=O) groups excluding carboxylic acids is 2. The van der Waals surface area contributed by atoms with Crippen molar-refractivity contribution in [3.63, 3.8) is 0 Å². The highest BCUT2D eigenvalue weighted by atomic mass is 79.9. The first-order chi connectivity index (χ1) is 7.58. The van der Waals surface area contributed by atoms with E-state index in [0.717, 1.165) is 4.90 Å². The number of hydrogen-bond acceptors (Lipinski definition) is 2. The van der Waals surface area contributed by atoms with E-state index >= 15 is 0 Å². The minimum atomic E-state index is -0.415. The quantitative estimate of drug-likeness (QED) is 0.782. The van der Waals surface area contributed by atoms with Gasteiger partial charge in [-0.2, -0.15) is 0 Å². The highest BCUT2D eigenvalue weighted by molar-refractivity contribution is 9.10. The lowest BCUT2D eigenvalue weighted by Gasteiger charge is -2.14. The van der Waals surface area contributed by atoms with Crippen molar-refractivity contribution in [1.82, 2.24) is 4.90 Å². The first kappa shape index (κ1) is 11.3. The smallest absolute Gasteiger partial charge is 0.229 e. The van der Waals surface area contributed by atoms with Gasteiger partial charge in [0.1, 0.15) is 5.82 Å². The molecule has 0 radical (unpaired) electrons. The van der Waals surface area contributed by atoms with E-state index in [0.29, 0.717) is 10.0 Å². The molecule has 1 saturated heterocycles. The van der Waals surface area contributed by atoms with Crippen LogP contribution in [0, 0.1) is 5.82 Å². The molecule has 0 N–H and O–H groups in total. The predicted octanol–water partition coefficient (Wildman–Crippen LogP) is 2.24. The average Bonchev–Trinajstić information content (AvgIpc) is 2.53. The summed E-state index contributed by atoms with van der Waals surface area (Å²) in [6.07, 6.45) is 0.466. The van der Waals surface area contributed by atoms with Crippen molar-refractivity contribution < 1.29 is 14.0 Å². The van der Waals surface area contributed by atoms with Gasteiger partial charge in [0.05, 0.1) is 6.54 Å². The Kier molecular flexibility index (Phi) is 3.05. The Balaban J connectivity index is 2.20. The Bertz CT molecular complexity index is 445. The lowest BCUT2D eigenvalue weighted by atomic mass is 10.2. The molecule has 1 aliphatic heterocycles. The average molecular weight is 286 g/mol. The zero-order chi connectivity index (χ0) is 11.7.